The van der Waals surface area contributed by atoms with E-state index in [1.54, 1.807) is 12.0 Å². The van der Waals surface area contributed by atoms with Crippen molar-refractivity contribution in [3.8, 4) is 5.75 Å². The van der Waals surface area contributed by atoms with E-state index in [0.717, 1.165) is 46.4 Å². The Hall–Kier alpha value is -3.32. The summed E-state index contributed by atoms with van der Waals surface area (Å²) in [4.78, 5) is 34.1. The van der Waals surface area contributed by atoms with Crippen LogP contribution in [-0.4, -0.2) is 59.5 Å². The molecule has 166 valence electrons. The minimum absolute atomic E-state index is 0.123. The smallest absolute Gasteiger partial charge is 0.328 e. The molecule has 1 aromatic heterocycles. The van der Waals surface area contributed by atoms with E-state index in [9.17, 15) is 9.59 Å². The topological polar surface area (TPSA) is 77.7 Å². The van der Waals surface area contributed by atoms with Gasteiger partial charge >= 0.3 is 6.03 Å². The number of benzene rings is 2. The number of fused-ring (bicyclic) bond motifs is 4. The van der Waals surface area contributed by atoms with Gasteiger partial charge in [-0.15, -0.1) is 0 Å². The zero-order chi connectivity index (χ0) is 22.5. The van der Waals surface area contributed by atoms with E-state index >= 15 is 0 Å². The number of hydrogen-bond acceptors (Lipinski definition) is 4. The second-order valence-corrected chi connectivity index (χ2v) is 8.76. The van der Waals surface area contributed by atoms with Gasteiger partial charge in [-0.2, -0.15) is 0 Å². The summed E-state index contributed by atoms with van der Waals surface area (Å²) >= 11 is 0. The molecule has 0 bridgehead atoms. The van der Waals surface area contributed by atoms with Crippen LogP contribution >= 0.6 is 0 Å². The maximum atomic E-state index is 13.6. The van der Waals surface area contributed by atoms with Crippen molar-refractivity contribution in [1.29, 1.82) is 0 Å². The number of ether oxygens (including phenoxy) is 1. The van der Waals surface area contributed by atoms with Crippen molar-refractivity contribution in [3.05, 3.63) is 65.4 Å². The fourth-order valence-electron chi connectivity index (χ4n) is 5.21. The maximum Gasteiger partial charge on any atom is 0.328 e. The number of carbonyl (C=O) groups excluding carboxylic acids is 2. The summed E-state index contributed by atoms with van der Waals surface area (Å²) in [5.74, 6) is 0.646. The molecular weight excluding hydrogens is 404 g/mol. The Balaban J connectivity index is 1.68. The lowest BCUT2D eigenvalue weighted by molar-refractivity contribution is -0.133. The molecular formula is C25H28N4O3. The van der Waals surface area contributed by atoms with E-state index in [0.29, 0.717) is 13.0 Å². The zero-order valence-electron chi connectivity index (χ0n) is 18.6. The van der Waals surface area contributed by atoms with Gasteiger partial charge in [0.15, 0.2) is 0 Å². The Labute approximate surface area is 187 Å². The first-order valence-electron chi connectivity index (χ1n) is 11.0. The maximum absolute atomic E-state index is 13.6. The van der Waals surface area contributed by atoms with E-state index in [1.807, 2.05) is 62.5 Å². The second-order valence-electron chi connectivity index (χ2n) is 8.76. The van der Waals surface area contributed by atoms with Crippen LogP contribution in [0, 0.1) is 0 Å². The molecule has 0 aliphatic carbocycles. The SMILES string of the molecule is CNCCCN1C(=O)N2C(c3ccccc3)c3[nH]c4ccc(OC)cc4c3C[C@@]2(C)C1=O. The number of amides is 3. The van der Waals surface area contributed by atoms with E-state index in [2.05, 4.69) is 10.3 Å². The number of nitrogens with zero attached hydrogens (tertiary/aromatic N) is 2. The lowest BCUT2D eigenvalue weighted by Crippen LogP contribution is -2.53. The van der Waals surface area contributed by atoms with Crippen LogP contribution in [0.15, 0.2) is 48.5 Å². The summed E-state index contributed by atoms with van der Waals surface area (Å²) in [6, 6.07) is 15.3. The molecule has 2 aromatic carbocycles. The molecule has 7 heteroatoms. The lowest BCUT2D eigenvalue weighted by Gasteiger charge is -2.42. The van der Waals surface area contributed by atoms with Crippen LogP contribution in [0.4, 0.5) is 4.79 Å². The Morgan fingerprint density at radius 1 is 1.19 bits per heavy atom. The summed E-state index contributed by atoms with van der Waals surface area (Å²) in [6.45, 7) is 3.07. The number of hydrogen-bond donors (Lipinski definition) is 2. The molecule has 0 radical (unpaired) electrons. The number of carbonyl (C=O) groups is 2. The van der Waals surface area contributed by atoms with Crippen molar-refractivity contribution in [2.24, 2.45) is 0 Å². The predicted molar refractivity (Wildman–Crippen MR) is 123 cm³/mol. The average Bonchev–Trinajstić information content (AvgIpc) is 3.25. The van der Waals surface area contributed by atoms with Crippen molar-refractivity contribution in [1.82, 2.24) is 20.1 Å². The highest BCUT2D eigenvalue weighted by atomic mass is 16.5. The van der Waals surface area contributed by atoms with Crippen molar-refractivity contribution in [2.75, 3.05) is 27.2 Å². The molecule has 3 aromatic rings. The first-order valence-corrected chi connectivity index (χ1v) is 11.0. The van der Waals surface area contributed by atoms with Crippen molar-refractivity contribution >= 4 is 22.8 Å². The first-order chi connectivity index (χ1) is 15.5. The quantitative estimate of drug-likeness (QED) is 0.462. The molecule has 3 heterocycles. The van der Waals surface area contributed by atoms with Crippen LogP contribution < -0.4 is 10.1 Å². The second kappa shape index (κ2) is 7.67. The molecule has 2 N–H and O–H groups in total. The van der Waals surface area contributed by atoms with Crippen LogP contribution in [0.3, 0.4) is 0 Å². The van der Waals surface area contributed by atoms with Crippen molar-refractivity contribution in [3.63, 3.8) is 0 Å². The Kier molecular flexibility index (Phi) is 4.93. The summed E-state index contributed by atoms with van der Waals surface area (Å²) in [5, 5.41) is 4.13. The Morgan fingerprint density at radius 3 is 2.69 bits per heavy atom. The molecule has 7 nitrogen and oxygen atoms in total. The van der Waals surface area contributed by atoms with Crippen LogP contribution in [0.25, 0.3) is 10.9 Å². The number of aromatic nitrogens is 1. The van der Waals surface area contributed by atoms with Crippen LogP contribution in [0.1, 0.15) is 36.2 Å². The first kappa shape index (κ1) is 20.6. The summed E-state index contributed by atoms with van der Waals surface area (Å²) in [6.07, 6.45) is 1.19. The molecule has 1 fully saturated rings. The third-order valence-corrected chi connectivity index (χ3v) is 6.80. The molecule has 2 aliphatic heterocycles. The van der Waals surface area contributed by atoms with Crippen molar-refractivity contribution in [2.45, 2.75) is 31.3 Å². The summed E-state index contributed by atoms with van der Waals surface area (Å²) < 4.78 is 5.46. The average molecular weight is 433 g/mol. The molecule has 2 atom stereocenters. The largest absolute Gasteiger partial charge is 0.497 e. The number of urea groups is 1. The fraction of sp³-hybridized carbons (Fsp3) is 0.360. The van der Waals surface area contributed by atoms with E-state index in [4.69, 9.17) is 4.74 Å². The minimum Gasteiger partial charge on any atom is -0.497 e. The van der Waals surface area contributed by atoms with Gasteiger partial charge in [0.05, 0.1) is 7.11 Å². The Morgan fingerprint density at radius 2 is 1.97 bits per heavy atom. The number of imide groups is 1. The van der Waals surface area contributed by atoms with E-state index in [-0.39, 0.29) is 18.0 Å². The zero-order valence-corrected chi connectivity index (χ0v) is 18.6. The van der Waals surface area contributed by atoms with Gasteiger partial charge in [0, 0.05) is 29.6 Å². The highest BCUT2D eigenvalue weighted by molar-refractivity contribution is 6.08. The molecule has 32 heavy (non-hydrogen) atoms. The molecule has 1 unspecified atom stereocenters. The molecule has 3 amide bonds. The number of rotatable bonds is 6. The van der Waals surface area contributed by atoms with Crippen LogP contribution in [-0.2, 0) is 11.2 Å². The predicted octanol–water partition coefficient (Wildman–Crippen LogP) is 3.45. The van der Waals surface area contributed by atoms with Gasteiger partial charge in [0.2, 0.25) is 0 Å². The van der Waals surface area contributed by atoms with E-state index < -0.39 is 5.54 Å². The van der Waals surface area contributed by atoms with Gasteiger partial charge in [-0.05, 0) is 56.3 Å². The molecule has 5 rings (SSSR count). The highest BCUT2D eigenvalue weighted by Crippen LogP contribution is 2.48. The minimum atomic E-state index is -0.942. The highest BCUT2D eigenvalue weighted by Gasteiger charge is 2.59. The van der Waals surface area contributed by atoms with Gasteiger partial charge < -0.3 is 15.0 Å². The number of nitrogens with one attached hydrogen (secondary N) is 2. The number of H-pyrrole nitrogens is 1. The fourth-order valence-corrected chi connectivity index (χ4v) is 5.21. The lowest BCUT2D eigenvalue weighted by atomic mass is 9.81. The molecule has 0 spiro atoms. The third kappa shape index (κ3) is 2.92. The number of methoxy groups -OCH3 is 1. The number of aromatic amines is 1. The standard InChI is InChI=1S/C25H28N4O3/c1-25-15-19-18-14-17(32-3)10-11-20(18)27-21(19)22(16-8-5-4-6-9-16)29(25)24(31)28(23(25)30)13-7-12-26-2/h4-6,8-11,14,22,26-27H,7,12-13,15H2,1-3H3/t22?,25-/m0/s1. The van der Waals surface area contributed by atoms with Gasteiger partial charge in [0.25, 0.3) is 5.91 Å². The normalized spacial score (nSPS) is 22.4. The van der Waals surface area contributed by atoms with Gasteiger partial charge in [-0.25, -0.2) is 4.79 Å². The molecule has 1 saturated heterocycles. The van der Waals surface area contributed by atoms with Gasteiger partial charge in [0.1, 0.15) is 17.3 Å². The van der Waals surface area contributed by atoms with Crippen LogP contribution in [0.5, 0.6) is 5.75 Å². The van der Waals surface area contributed by atoms with E-state index in [1.165, 1.54) is 4.90 Å². The van der Waals surface area contributed by atoms with Gasteiger partial charge in [-0.3, -0.25) is 14.6 Å². The molecule has 2 aliphatic rings. The monoisotopic (exact) mass is 432 g/mol. The van der Waals surface area contributed by atoms with Crippen LogP contribution in [0.2, 0.25) is 0 Å². The summed E-state index contributed by atoms with van der Waals surface area (Å²) in [7, 11) is 3.52. The third-order valence-electron chi connectivity index (χ3n) is 6.80. The van der Waals surface area contributed by atoms with Gasteiger partial charge in [-0.1, -0.05) is 30.3 Å². The summed E-state index contributed by atoms with van der Waals surface area (Å²) in [5.41, 5.74) is 3.06. The van der Waals surface area contributed by atoms with Crippen molar-refractivity contribution < 1.29 is 14.3 Å². The molecule has 0 saturated carbocycles. The Bertz CT molecular complexity index is 1190.